The highest BCUT2D eigenvalue weighted by molar-refractivity contribution is 7.99. The molecule has 2 aromatic rings. The van der Waals surface area contributed by atoms with Crippen molar-refractivity contribution < 1.29 is 35.9 Å². The molecular weight excluding hydrogens is 422 g/mol. The molecule has 28 heavy (non-hydrogen) atoms. The molecule has 1 amide bonds. The number of hydrogen-bond acceptors (Lipinski definition) is 5. The van der Waals surface area contributed by atoms with Crippen LogP contribution >= 0.6 is 11.8 Å². The second-order valence-electron chi connectivity index (χ2n) is 5.82. The number of alkyl halides is 3. The number of benzene rings is 2. The Balaban J connectivity index is 2.38. The number of amides is 1. The van der Waals surface area contributed by atoms with Gasteiger partial charge in [-0.2, -0.15) is 13.2 Å². The summed E-state index contributed by atoms with van der Waals surface area (Å²) >= 11 is 1.17. The molecule has 0 heterocycles. The highest BCUT2D eigenvalue weighted by Gasteiger charge is 2.55. The summed E-state index contributed by atoms with van der Waals surface area (Å²) in [6.07, 6.45) is -3.61. The zero-order chi connectivity index (χ0) is 21.3. The second-order valence-corrected chi connectivity index (χ2v) is 8.59. The highest BCUT2D eigenvalue weighted by Crippen LogP contribution is 2.33. The first kappa shape index (κ1) is 22.2. The van der Waals surface area contributed by atoms with Crippen molar-refractivity contribution in [3.05, 3.63) is 48.3 Å². The highest BCUT2D eigenvalue weighted by atomic mass is 32.2. The van der Waals surface area contributed by atoms with Crippen molar-refractivity contribution in [1.29, 1.82) is 0 Å². The monoisotopic (exact) mass is 437 g/mol. The Morgan fingerprint density at radius 2 is 1.75 bits per heavy atom. The van der Waals surface area contributed by atoms with Gasteiger partial charge in [-0.05, 0) is 43.5 Å². The molecule has 5 nitrogen and oxygen atoms in total. The summed E-state index contributed by atoms with van der Waals surface area (Å²) in [7, 11) is -4.10. The molecule has 1 atom stereocenters. The first-order valence-electron chi connectivity index (χ1n) is 7.60. The van der Waals surface area contributed by atoms with Gasteiger partial charge in [-0.15, -0.1) is 11.8 Å². The third kappa shape index (κ3) is 4.15. The molecule has 2 aromatic carbocycles. The molecule has 0 saturated carbocycles. The normalized spacial score (nSPS) is 14.4. The molecule has 2 rings (SSSR count). The number of hydrogen-bond donors (Lipinski definition) is 2. The lowest BCUT2D eigenvalue weighted by Crippen LogP contribution is -2.52. The largest absolute Gasteiger partial charge is 0.426 e. The van der Waals surface area contributed by atoms with Gasteiger partial charge >= 0.3 is 6.18 Å². The predicted molar refractivity (Wildman–Crippen MR) is 95.4 cm³/mol. The van der Waals surface area contributed by atoms with Crippen LogP contribution in [0, 0.1) is 5.82 Å². The van der Waals surface area contributed by atoms with Gasteiger partial charge in [0.2, 0.25) is 15.4 Å². The van der Waals surface area contributed by atoms with E-state index in [0.717, 1.165) is 12.1 Å². The molecule has 0 aromatic heterocycles. The Hall–Kier alpha value is -2.11. The summed E-state index contributed by atoms with van der Waals surface area (Å²) in [6, 6.07) is 8.40. The second kappa shape index (κ2) is 7.72. The number of anilines is 1. The number of aliphatic hydroxyl groups is 1. The molecule has 2 N–H and O–H groups in total. The summed E-state index contributed by atoms with van der Waals surface area (Å²) in [4.78, 5) is 11.6. The minimum atomic E-state index is -5.28. The molecule has 0 bridgehead atoms. The van der Waals surface area contributed by atoms with Crippen LogP contribution in [-0.2, 0) is 14.6 Å². The SMILES string of the molecule is CSc1ccccc1S(=O)(=O)c1ccc(NC(=O)[C@@](C)(O)C(F)(F)F)c(F)c1. The number of halogens is 4. The summed E-state index contributed by atoms with van der Waals surface area (Å²) in [6.45, 7) is 0.221. The minimum absolute atomic E-state index is 0.0568. The lowest BCUT2D eigenvalue weighted by atomic mass is 10.1. The molecule has 11 heteroatoms. The van der Waals surface area contributed by atoms with E-state index < -0.39 is 43.9 Å². The number of nitrogens with one attached hydrogen (secondary N) is 1. The molecule has 0 aliphatic rings. The molecule has 152 valence electrons. The van der Waals surface area contributed by atoms with Crippen LogP contribution in [0.5, 0.6) is 0 Å². The standard InChI is InChI=1S/C17H15F4NO4S2/c1-16(24,17(19,20)21)15(23)22-12-8-7-10(9-11(12)18)28(25,26)14-6-4-3-5-13(14)27-2/h3-9,24H,1-2H3,(H,22,23)/t16-/m1/s1. The summed E-state index contributed by atoms with van der Waals surface area (Å²) in [5.41, 5.74) is -4.45. The van der Waals surface area contributed by atoms with Gasteiger partial charge in [0.25, 0.3) is 5.91 Å². The molecule has 0 spiro atoms. The average molecular weight is 437 g/mol. The fourth-order valence-electron chi connectivity index (χ4n) is 2.10. The zero-order valence-corrected chi connectivity index (χ0v) is 16.2. The predicted octanol–water partition coefficient (Wildman–Crippen LogP) is 3.63. The maximum Gasteiger partial charge on any atom is 0.426 e. The van der Waals surface area contributed by atoms with Gasteiger partial charge in [0.15, 0.2) is 0 Å². The summed E-state index contributed by atoms with van der Waals surface area (Å²) in [5, 5.41) is 10.9. The smallest absolute Gasteiger partial charge is 0.373 e. The first-order valence-corrected chi connectivity index (χ1v) is 10.3. The van der Waals surface area contributed by atoms with Gasteiger partial charge in [0.1, 0.15) is 5.82 Å². The third-order valence-corrected chi connectivity index (χ3v) is 6.59. The number of sulfone groups is 1. The van der Waals surface area contributed by atoms with Crippen LogP contribution in [0.2, 0.25) is 0 Å². The summed E-state index contributed by atoms with van der Waals surface area (Å²) < 4.78 is 77.8. The Bertz CT molecular complexity index is 1000. The van der Waals surface area contributed by atoms with Gasteiger partial charge in [-0.1, -0.05) is 12.1 Å². The molecule has 0 aliphatic heterocycles. The van der Waals surface area contributed by atoms with Crippen molar-refractivity contribution in [1.82, 2.24) is 0 Å². The topological polar surface area (TPSA) is 83.5 Å². The third-order valence-electron chi connectivity index (χ3n) is 3.85. The Morgan fingerprint density at radius 3 is 2.29 bits per heavy atom. The fourth-order valence-corrected chi connectivity index (χ4v) is 4.52. The van der Waals surface area contributed by atoms with E-state index in [2.05, 4.69) is 0 Å². The van der Waals surface area contributed by atoms with Gasteiger partial charge in [-0.25, -0.2) is 12.8 Å². The van der Waals surface area contributed by atoms with Crippen LogP contribution in [0.4, 0.5) is 23.2 Å². The van der Waals surface area contributed by atoms with Crippen LogP contribution < -0.4 is 5.32 Å². The number of rotatable bonds is 5. The van der Waals surface area contributed by atoms with Crippen LogP contribution in [0.1, 0.15) is 6.92 Å². The van der Waals surface area contributed by atoms with E-state index in [1.165, 1.54) is 23.9 Å². The Kier molecular flexibility index (Phi) is 6.12. The quantitative estimate of drug-likeness (QED) is 0.551. The maximum atomic E-state index is 14.3. The van der Waals surface area contributed by atoms with Gasteiger partial charge in [0.05, 0.1) is 15.5 Å². The molecule has 0 aliphatic carbocycles. The van der Waals surface area contributed by atoms with E-state index >= 15 is 0 Å². The van der Waals surface area contributed by atoms with Gasteiger partial charge in [0, 0.05) is 4.90 Å². The van der Waals surface area contributed by atoms with Crippen molar-refractivity contribution >= 4 is 33.2 Å². The van der Waals surface area contributed by atoms with Crippen LogP contribution in [0.25, 0.3) is 0 Å². The molecular formula is C17H15F4NO4S2. The van der Waals surface area contributed by atoms with Crippen molar-refractivity contribution in [2.75, 3.05) is 11.6 Å². The Morgan fingerprint density at radius 1 is 1.14 bits per heavy atom. The van der Waals surface area contributed by atoms with E-state index in [4.69, 9.17) is 0 Å². The van der Waals surface area contributed by atoms with Gasteiger partial charge < -0.3 is 10.4 Å². The Labute approximate surface area is 162 Å². The van der Waals surface area contributed by atoms with E-state index in [1.807, 2.05) is 0 Å². The van der Waals surface area contributed by atoms with Crippen LogP contribution in [0.15, 0.2) is 57.2 Å². The van der Waals surface area contributed by atoms with Crippen LogP contribution in [-0.4, -0.2) is 37.5 Å². The van der Waals surface area contributed by atoms with Gasteiger partial charge in [-0.3, -0.25) is 4.79 Å². The molecule has 0 fully saturated rings. The molecule has 0 radical (unpaired) electrons. The number of carbonyl (C=O) groups is 1. The van der Waals surface area contributed by atoms with Crippen LogP contribution in [0.3, 0.4) is 0 Å². The molecule has 0 unspecified atom stereocenters. The van der Waals surface area contributed by atoms with E-state index in [0.29, 0.717) is 11.0 Å². The number of carbonyl (C=O) groups excluding carboxylic acids is 1. The lowest BCUT2D eigenvalue weighted by Gasteiger charge is -2.25. The summed E-state index contributed by atoms with van der Waals surface area (Å²) in [5.74, 6) is -3.17. The minimum Gasteiger partial charge on any atom is -0.373 e. The fraction of sp³-hybridized carbons (Fsp3) is 0.235. The van der Waals surface area contributed by atoms with Crippen molar-refractivity contribution in [2.24, 2.45) is 0 Å². The van der Waals surface area contributed by atoms with E-state index in [9.17, 15) is 35.9 Å². The van der Waals surface area contributed by atoms with Crippen molar-refractivity contribution in [2.45, 2.75) is 33.4 Å². The van der Waals surface area contributed by atoms with Crippen molar-refractivity contribution in [3.63, 3.8) is 0 Å². The van der Waals surface area contributed by atoms with E-state index in [1.54, 1.807) is 23.7 Å². The first-order chi connectivity index (χ1) is 12.8. The lowest BCUT2D eigenvalue weighted by molar-refractivity contribution is -0.242. The molecule has 0 saturated heterocycles. The van der Waals surface area contributed by atoms with E-state index in [-0.39, 0.29) is 11.8 Å². The zero-order valence-electron chi connectivity index (χ0n) is 14.5. The maximum absolute atomic E-state index is 14.3. The average Bonchev–Trinajstić information content (AvgIpc) is 2.62. The van der Waals surface area contributed by atoms with Crippen molar-refractivity contribution in [3.8, 4) is 0 Å². The number of thioether (sulfide) groups is 1.